The average Bonchev–Trinajstić information content (AvgIpc) is 3.45. The van der Waals surface area contributed by atoms with Gasteiger partial charge < -0.3 is 9.64 Å². The van der Waals surface area contributed by atoms with E-state index in [1.807, 2.05) is 6.07 Å². The normalized spacial score (nSPS) is 20.9. The molecule has 35 heavy (non-hydrogen) atoms. The predicted octanol–water partition coefficient (Wildman–Crippen LogP) is 5.46. The number of halogens is 1. The first-order chi connectivity index (χ1) is 16.8. The lowest BCUT2D eigenvalue weighted by Gasteiger charge is -2.26. The van der Waals surface area contributed by atoms with Crippen LogP contribution in [0.4, 0.5) is 4.39 Å². The second-order valence-electron chi connectivity index (χ2n) is 9.94. The summed E-state index contributed by atoms with van der Waals surface area (Å²) in [6.45, 7) is 5.41. The lowest BCUT2D eigenvalue weighted by Crippen LogP contribution is -2.34. The van der Waals surface area contributed by atoms with Crippen molar-refractivity contribution in [1.29, 1.82) is 0 Å². The Morgan fingerprint density at radius 1 is 1.14 bits per heavy atom. The molecule has 3 aromatic rings. The summed E-state index contributed by atoms with van der Waals surface area (Å²) in [6.07, 6.45) is 2.42. The van der Waals surface area contributed by atoms with E-state index >= 15 is 0 Å². The van der Waals surface area contributed by atoms with Crippen molar-refractivity contribution in [3.63, 3.8) is 0 Å². The molecule has 5 rings (SSSR count). The molecule has 0 bridgehead atoms. The number of hydrogen-bond acceptors (Lipinski definition) is 4. The molecule has 1 fully saturated rings. The van der Waals surface area contributed by atoms with E-state index in [0.717, 1.165) is 29.3 Å². The zero-order valence-corrected chi connectivity index (χ0v) is 20.3. The monoisotopic (exact) mass is 472 g/mol. The molecule has 0 saturated carbocycles. The van der Waals surface area contributed by atoms with Gasteiger partial charge in [0, 0.05) is 18.5 Å². The Bertz CT molecular complexity index is 1290. The average molecular weight is 473 g/mol. The SMILES string of the molecule is COC(=O)C1CC2(CCN(C(=O)c3ccc(F)cn3)C2)c2ccc(-c3ccccc3C(C)C)cc21. The van der Waals surface area contributed by atoms with Crippen LogP contribution < -0.4 is 0 Å². The summed E-state index contributed by atoms with van der Waals surface area (Å²) in [5, 5.41) is 0. The number of carbonyl (C=O) groups excluding carboxylic acids is 2. The molecule has 2 heterocycles. The van der Waals surface area contributed by atoms with Crippen molar-refractivity contribution >= 4 is 11.9 Å². The number of esters is 1. The lowest BCUT2D eigenvalue weighted by atomic mass is 9.80. The van der Waals surface area contributed by atoms with Crippen molar-refractivity contribution in [2.45, 2.75) is 43.9 Å². The molecule has 1 aliphatic carbocycles. The van der Waals surface area contributed by atoms with Crippen LogP contribution in [-0.4, -0.2) is 42.0 Å². The summed E-state index contributed by atoms with van der Waals surface area (Å²) < 4.78 is 18.5. The van der Waals surface area contributed by atoms with Gasteiger partial charge in [-0.1, -0.05) is 50.2 Å². The van der Waals surface area contributed by atoms with E-state index in [2.05, 4.69) is 55.2 Å². The number of nitrogens with zero attached hydrogens (tertiary/aromatic N) is 2. The summed E-state index contributed by atoms with van der Waals surface area (Å²) in [7, 11) is 1.43. The second-order valence-corrected chi connectivity index (χ2v) is 9.94. The fourth-order valence-corrected chi connectivity index (χ4v) is 5.82. The first-order valence-corrected chi connectivity index (χ1v) is 12.1. The van der Waals surface area contributed by atoms with E-state index in [1.54, 1.807) is 4.90 Å². The van der Waals surface area contributed by atoms with Crippen molar-refractivity contribution in [1.82, 2.24) is 9.88 Å². The second kappa shape index (κ2) is 8.91. The van der Waals surface area contributed by atoms with Gasteiger partial charge in [-0.05, 0) is 64.8 Å². The van der Waals surface area contributed by atoms with Crippen molar-refractivity contribution in [3.8, 4) is 11.1 Å². The van der Waals surface area contributed by atoms with E-state index in [1.165, 1.54) is 30.4 Å². The summed E-state index contributed by atoms with van der Waals surface area (Å²) in [5.74, 6) is -0.938. The minimum absolute atomic E-state index is 0.215. The Kier molecular flexibility index (Phi) is 5.91. The standard InChI is InChI=1S/C29H29FN2O3/c1-18(2)21-6-4-5-7-22(21)19-8-10-25-23(14-19)24(28(34)35-3)15-29(25)12-13-32(17-29)27(33)26-11-9-20(30)16-31-26/h4-11,14,16,18,24H,12-13,15,17H2,1-3H3. The summed E-state index contributed by atoms with van der Waals surface area (Å²) >= 11 is 0. The number of amides is 1. The maximum atomic E-state index is 13.3. The number of ether oxygens (including phenoxy) is 1. The van der Waals surface area contributed by atoms with Gasteiger partial charge in [-0.15, -0.1) is 0 Å². The van der Waals surface area contributed by atoms with Crippen LogP contribution in [-0.2, 0) is 14.9 Å². The molecule has 1 aromatic heterocycles. The molecule has 0 N–H and O–H groups in total. The van der Waals surface area contributed by atoms with Crippen LogP contribution in [0.5, 0.6) is 0 Å². The van der Waals surface area contributed by atoms with Gasteiger partial charge in [0.25, 0.3) is 5.91 Å². The third-order valence-corrected chi connectivity index (χ3v) is 7.56. The van der Waals surface area contributed by atoms with Gasteiger partial charge in [0.05, 0.1) is 19.2 Å². The minimum atomic E-state index is -0.472. The maximum Gasteiger partial charge on any atom is 0.313 e. The highest BCUT2D eigenvalue weighted by Gasteiger charge is 2.51. The molecule has 6 heteroatoms. The molecule has 1 aliphatic heterocycles. The molecule has 2 aromatic carbocycles. The Labute approximate surface area is 204 Å². The third kappa shape index (κ3) is 4.01. The number of likely N-dealkylation sites (tertiary alicyclic amines) is 1. The van der Waals surface area contributed by atoms with Crippen molar-refractivity contribution in [2.75, 3.05) is 20.2 Å². The molecule has 0 radical (unpaired) electrons. The van der Waals surface area contributed by atoms with Gasteiger partial charge in [0.2, 0.25) is 0 Å². The number of aromatic nitrogens is 1. The van der Waals surface area contributed by atoms with Crippen LogP contribution in [0.15, 0.2) is 60.8 Å². The molecule has 180 valence electrons. The van der Waals surface area contributed by atoms with Gasteiger partial charge >= 0.3 is 5.97 Å². The summed E-state index contributed by atoms with van der Waals surface area (Å²) in [6, 6.07) is 17.4. The first-order valence-electron chi connectivity index (χ1n) is 12.1. The fourth-order valence-electron chi connectivity index (χ4n) is 5.82. The van der Waals surface area contributed by atoms with Gasteiger partial charge in [-0.2, -0.15) is 0 Å². The van der Waals surface area contributed by atoms with E-state index in [0.29, 0.717) is 25.4 Å². The predicted molar refractivity (Wildman–Crippen MR) is 132 cm³/mol. The van der Waals surface area contributed by atoms with Gasteiger partial charge in [0.15, 0.2) is 0 Å². The number of hydrogen-bond donors (Lipinski definition) is 0. The largest absolute Gasteiger partial charge is 0.469 e. The highest BCUT2D eigenvalue weighted by molar-refractivity contribution is 5.92. The number of fused-ring (bicyclic) bond motifs is 2. The molecular weight excluding hydrogens is 443 g/mol. The van der Waals surface area contributed by atoms with E-state index in [4.69, 9.17) is 4.74 Å². The van der Waals surface area contributed by atoms with Gasteiger partial charge in [-0.3, -0.25) is 9.59 Å². The Morgan fingerprint density at radius 3 is 2.66 bits per heavy atom. The number of benzene rings is 2. The van der Waals surface area contributed by atoms with Crippen LogP contribution in [0.25, 0.3) is 11.1 Å². The van der Waals surface area contributed by atoms with Gasteiger partial charge in [0.1, 0.15) is 11.5 Å². The quantitative estimate of drug-likeness (QED) is 0.474. The molecular formula is C29H29FN2O3. The maximum absolute atomic E-state index is 13.3. The molecule has 5 nitrogen and oxygen atoms in total. The van der Waals surface area contributed by atoms with E-state index < -0.39 is 5.82 Å². The smallest absolute Gasteiger partial charge is 0.313 e. The minimum Gasteiger partial charge on any atom is -0.469 e. The Hall–Kier alpha value is -3.54. The molecule has 1 amide bonds. The fraction of sp³-hybridized carbons (Fsp3) is 0.345. The van der Waals surface area contributed by atoms with E-state index in [9.17, 15) is 14.0 Å². The summed E-state index contributed by atoms with van der Waals surface area (Å²) in [4.78, 5) is 31.7. The number of carbonyl (C=O) groups is 2. The lowest BCUT2D eigenvalue weighted by molar-refractivity contribution is -0.142. The molecule has 2 unspecified atom stereocenters. The molecule has 2 aliphatic rings. The zero-order chi connectivity index (χ0) is 24.7. The number of methoxy groups -OCH3 is 1. The number of pyridine rings is 1. The van der Waals surface area contributed by atoms with Crippen LogP contribution in [0, 0.1) is 5.82 Å². The molecule has 2 atom stereocenters. The first kappa shape index (κ1) is 23.2. The Morgan fingerprint density at radius 2 is 1.94 bits per heavy atom. The van der Waals surface area contributed by atoms with Crippen LogP contribution >= 0.6 is 0 Å². The molecule has 1 spiro atoms. The van der Waals surface area contributed by atoms with Crippen LogP contribution in [0.1, 0.15) is 65.7 Å². The van der Waals surface area contributed by atoms with Crippen LogP contribution in [0.3, 0.4) is 0 Å². The van der Waals surface area contributed by atoms with Crippen LogP contribution in [0.2, 0.25) is 0 Å². The van der Waals surface area contributed by atoms with Crippen molar-refractivity contribution in [2.24, 2.45) is 0 Å². The van der Waals surface area contributed by atoms with Gasteiger partial charge in [-0.25, -0.2) is 9.37 Å². The number of rotatable bonds is 4. The molecule has 1 saturated heterocycles. The topological polar surface area (TPSA) is 59.5 Å². The third-order valence-electron chi connectivity index (χ3n) is 7.56. The highest BCUT2D eigenvalue weighted by atomic mass is 19.1. The van der Waals surface area contributed by atoms with E-state index in [-0.39, 0.29) is 28.9 Å². The van der Waals surface area contributed by atoms with Crippen molar-refractivity contribution < 1.29 is 18.7 Å². The Balaban J connectivity index is 1.52. The zero-order valence-electron chi connectivity index (χ0n) is 20.3. The van der Waals surface area contributed by atoms with Crippen molar-refractivity contribution in [3.05, 3.63) is 89.0 Å². The highest BCUT2D eigenvalue weighted by Crippen LogP contribution is 2.52. The summed E-state index contributed by atoms with van der Waals surface area (Å²) in [5.41, 5.74) is 5.52.